The zero-order valence-corrected chi connectivity index (χ0v) is 22.3. The van der Waals surface area contributed by atoms with Crippen molar-refractivity contribution >= 4 is 20.1 Å². The van der Waals surface area contributed by atoms with E-state index in [9.17, 15) is 9.59 Å². The van der Waals surface area contributed by atoms with Crippen molar-refractivity contribution in [2.24, 2.45) is 17.3 Å². The van der Waals surface area contributed by atoms with Gasteiger partial charge in [0.2, 0.25) is 11.5 Å². The fourth-order valence-corrected chi connectivity index (χ4v) is 5.49. The van der Waals surface area contributed by atoms with Gasteiger partial charge in [-0.3, -0.25) is 4.79 Å². The van der Waals surface area contributed by atoms with Crippen LogP contribution in [-0.2, 0) is 28.2 Å². The second kappa shape index (κ2) is 8.63. The molecule has 1 saturated heterocycles. The van der Waals surface area contributed by atoms with Crippen molar-refractivity contribution in [1.82, 2.24) is 0 Å². The predicted molar refractivity (Wildman–Crippen MR) is 123 cm³/mol. The van der Waals surface area contributed by atoms with Crippen LogP contribution in [0.2, 0.25) is 18.1 Å². The third-order valence-electron chi connectivity index (χ3n) is 7.39. The third kappa shape index (κ3) is 4.78. The van der Waals surface area contributed by atoms with Crippen molar-refractivity contribution in [1.29, 1.82) is 0 Å². The minimum atomic E-state index is -2.10. The lowest BCUT2D eigenvalue weighted by Gasteiger charge is -2.56. The summed E-state index contributed by atoms with van der Waals surface area (Å²) in [4.78, 5) is 25.6. The van der Waals surface area contributed by atoms with E-state index in [1.165, 1.54) is 6.08 Å². The summed E-state index contributed by atoms with van der Waals surface area (Å²) in [5, 5.41) is 0.0419. The molecule has 2 aliphatic rings. The molecule has 0 aromatic rings. The van der Waals surface area contributed by atoms with E-state index in [-0.39, 0.29) is 47.2 Å². The maximum absolute atomic E-state index is 13.1. The molecule has 4 atom stereocenters. The van der Waals surface area contributed by atoms with Crippen LogP contribution < -0.4 is 0 Å². The quantitative estimate of drug-likeness (QED) is 0.419. The Kier molecular flexibility index (Phi) is 7.26. The number of rotatable bonds is 5. The lowest BCUT2D eigenvalue weighted by atomic mass is 9.70. The van der Waals surface area contributed by atoms with Crippen LogP contribution in [0.5, 0.6) is 0 Å². The van der Waals surface area contributed by atoms with Crippen LogP contribution in [0.3, 0.4) is 0 Å². The molecule has 1 spiro atoms. The maximum Gasteiger partial charge on any atom is 0.373 e. The first kappa shape index (κ1) is 26.1. The summed E-state index contributed by atoms with van der Waals surface area (Å²) in [7, 11) is -2.10. The number of ketones is 1. The number of hydrogen-bond donors (Lipinski definition) is 0. The number of ether oxygens (including phenoxy) is 3. The van der Waals surface area contributed by atoms with Crippen LogP contribution >= 0.6 is 0 Å². The number of carbonyl (C=O) groups is 2. The highest BCUT2D eigenvalue weighted by atomic mass is 28.4. The Bertz CT molecular complexity index is 733. The molecular weight excluding hydrogens is 412 g/mol. The molecule has 7 heteroatoms. The average molecular weight is 455 g/mol. The Morgan fingerprint density at radius 3 is 2.35 bits per heavy atom. The van der Waals surface area contributed by atoms with Gasteiger partial charge in [0, 0.05) is 18.4 Å². The minimum absolute atomic E-state index is 0.0419. The molecule has 0 saturated carbocycles. The van der Waals surface area contributed by atoms with Crippen LogP contribution in [0.15, 0.2) is 11.8 Å². The lowest BCUT2D eigenvalue weighted by molar-refractivity contribution is -0.337. The van der Waals surface area contributed by atoms with Crippen molar-refractivity contribution in [2.75, 3.05) is 6.61 Å². The first-order valence-electron chi connectivity index (χ1n) is 11.5. The highest BCUT2D eigenvalue weighted by Crippen LogP contribution is 2.52. The van der Waals surface area contributed by atoms with Gasteiger partial charge in [-0.05, 0) is 44.8 Å². The molecule has 0 amide bonds. The van der Waals surface area contributed by atoms with Crippen LogP contribution in [0.1, 0.15) is 68.7 Å². The van der Waals surface area contributed by atoms with Gasteiger partial charge in [0.05, 0.1) is 24.2 Å². The van der Waals surface area contributed by atoms with Gasteiger partial charge in [-0.1, -0.05) is 41.5 Å². The average Bonchev–Trinajstić information content (AvgIpc) is 2.61. The molecule has 0 radical (unpaired) electrons. The molecule has 0 aromatic carbocycles. The summed E-state index contributed by atoms with van der Waals surface area (Å²) in [6.45, 7) is 23.0. The molecule has 0 aliphatic carbocycles. The van der Waals surface area contributed by atoms with Gasteiger partial charge in [-0.25, -0.2) is 4.79 Å². The summed E-state index contributed by atoms with van der Waals surface area (Å²) in [6, 6.07) is 0. The number of esters is 1. The zero-order valence-electron chi connectivity index (χ0n) is 21.3. The molecule has 1 fully saturated rings. The SMILES string of the molecule is CCOC(=O)C1=CC(=O)C(C)(C)[C@]2(C[C@@H](O[Si](C)(C)C(C)(C)C)[C@H](C)[C@@H](C(C)C)O2)O1. The van der Waals surface area contributed by atoms with Crippen molar-refractivity contribution in [3.63, 3.8) is 0 Å². The molecule has 0 aromatic heterocycles. The first-order chi connectivity index (χ1) is 14.0. The summed E-state index contributed by atoms with van der Waals surface area (Å²) in [5.74, 6) is -1.93. The Morgan fingerprint density at radius 2 is 1.87 bits per heavy atom. The van der Waals surface area contributed by atoms with E-state index in [4.69, 9.17) is 18.6 Å². The van der Waals surface area contributed by atoms with E-state index in [0.29, 0.717) is 6.42 Å². The van der Waals surface area contributed by atoms with Gasteiger partial charge in [-0.2, -0.15) is 0 Å². The molecule has 6 nitrogen and oxygen atoms in total. The maximum atomic E-state index is 13.1. The fraction of sp³-hybridized carbons (Fsp3) is 0.833. The normalized spacial score (nSPS) is 31.4. The molecule has 0 unspecified atom stereocenters. The van der Waals surface area contributed by atoms with Crippen molar-refractivity contribution in [3.8, 4) is 0 Å². The molecule has 31 heavy (non-hydrogen) atoms. The summed E-state index contributed by atoms with van der Waals surface area (Å²) in [5.41, 5.74) is -0.981. The largest absolute Gasteiger partial charge is 0.460 e. The van der Waals surface area contributed by atoms with Crippen LogP contribution in [0.4, 0.5) is 0 Å². The zero-order chi connectivity index (χ0) is 24.0. The minimum Gasteiger partial charge on any atom is -0.460 e. The standard InChI is InChI=1S/C24H42O6Si/c1-12-27-21(26)17-13-19(25)23(8,9)24(28-17)14-18(16(4)20(29-24)15(2)3)30-31(10,11)22(5,6)7/h13,15-16,18,20H,12,14H2,1-11H3/t16-,18+,20+,24+/m0/s1. The summed E-state index contributed by atoms with van der Waals surface area (Å²) < 4.78 is 24.8. The van der Waals surface area contributed by atoms with E-state index in [1.807, 2.05) is 13.8 Å². The van der Waals surface area contributed by atoms with Gasteiger partial charge in [0.15, 0.2) is 14.1 Å². The Hall–Kier alpha value is -1.18. The molecule has 178 valence electrons. The third-order valence-corrected chi connectivity index (χ3v) is 11.9. The summed E-state index contributed by atoms with van der Waals surface area (Å²) in [6.07, 6.45) is 1.28. The fourth-order valence-electron chi connectivity index (χ4n) is 4.08. The molecular formula is C24H42O6Si. The van der Waals surface area contributed by atoms with E-state index in [1.54, 1.807) is 6.92 Å². The molecule has 0 N–H and O–H groups in total. The molecule has 2 rings (SSSR count). The van der Waals surface area contributed by atoms with Crippen LogP contribution in [-0.4, -0.2) is 44.7 Å². The van der Waals surface area contributed by atoms with Crippen LogP contribution in [0.25, 0.3) is 0 Å². The van der Waals surface area contributed by atoms with Crippen molar-refractivity contribution in [3.05, 3.63) is 11.8 Å². The van der Waals surface area contributed by atoms with E-state index < -0.39 is 25.5 Å². The lowest BCUT2D eigenvalue weighted by Crippen LogP contribution is -2.65. The smallest absolute Gasteiger partial charge is 0.373 e. The van der Waals surface area contributed by atoms with Crippen molar-refractivity contribution in [2.45, 2.75) is 105 Å². The first-order valence-corrected chi connectivity index (χ1v) is 14.4. The van der Waals surface area contributed by atoms with Crippen molar-refractivity contribution < 1.29 is 28.2 Å². The second-order valence-corrected chi connectivity index (χ2v) is 16.1. The van der Waals surface area contributed by atoms with Gasteiger partial charge >= 0.3 is 5.97 Å². The monoisotopic (exact) mass is 454 g/mol. The number of carbonyl (C=O) groups excluding carboxylic acids is 2. The molecule has 2 heterocycles. The Balaban J connectivity index is 2.52. The molecule has 2 aliphatic heterocycles. The topological polar surface area (TPSA) is 71.1 Å². The van der Waals surface area contributed by atoms with Gasteiger partial charge in [0.1, 0.15) is 0 Å². The summed E-state index contributed by atoms with van der Waals surface area (Å²) >= 11 is 0. The Morgan fingerprint density at radius 1 is 1.29 bits per heavy atom. The van der Waals surface area contributed by atoms with E-state index >= 15 is 0 Å². The van der Waals surface area contributed by atoms with Gasteiger partial charge in [-0.15, -0.1) is 0 Å². The Labute approximate surface area is 189 Å². The van der Waals surface area contributed by atoms with Crippen LogP contribution in [0, 0.1) is 17.3 Å². The van der Waals surface area contributed by atoms with Gasteiger partial charge < -0.3 is 18.6 Å². The number of hydrogen-bond acceptors (Lipinski definition) is 6. The highest BCUT2D eigenvalue weighted by molar-refractivity contribution is 6.74. The molecule has 0 bridgehead atoms. The second-order valence-electron chi connectivity index (χ2n) is 11.4. The highest BCUT2D eigenvalue weighted by Gasteiger charge is 2.62. The van der Waals surface area contributed by atoms with E-state index in [0.717, 1.165) is 0 Å². The number of allylic oxidation sites excluding steroid dienone is 1. The van der Waals surface area contributed by atoms with E-state index in [2.05, 4.69) is 54.6 Å². The predicted octanol–water partition coefficient (Wildman–Crippen LogP) is 5.23. The van der Waals surface area contributed by atoms with Gasteiger partial charge in [0.25, 0.3) is 0 Å².